The lowest BCUT2D eigenvalue weighted by Crippen LogP contribution is -2.42. The van der Waals surface area contributed by atoms with Gasteiger partial charge in [0.2, 0.25) is 0 Å². The average Bonchev–Trinajstić information content (AvgIpc) is 2.28. The van der Waals surface area contributed by atoms with Gasteiger partial charge in [0.15, 0.2) is 0 Å². The van der Waals surface area contributed by atoms with E-state index in [1.165, 1.54) is 25.8 Å². The summed E-state index contributed by atoms with van der Waals surface area (Å²) in [6, 6.07) is 0. The number of likely N-dealkylation sites (tertiary alicyclic amines) is 1. The number of hydrogen-bond donors (Lipinski definition) is 1. The minimum absolute atomic E-state index is 0.289. The SMILES string of the molecule is CN1CC2CC[C@@](CO)(C2)C1. The molecular formula is C9H17NO. The third-order valence-corrected chi connectivity index (χ3v) is 3.32. The van der Waals surface area contributed by atoms with Crippen molar-refractivity contribution in [2.24, 2.45) is 11.3 Å². The lowest BCUT2D eigenvalue weighted by Gasteiger charge is -2.37. The van der Waals surface area contributed by atoms with Crippen LogP contribution in [0.25, 0.3) is 0 Å². The van der Waals surface area contributed by atoms with Gasteiger partial charge in [-0.1, -0.05) is 0 Å². The van der Waals surface area contributed by atoms with E-state index in [0.717, 1.165) is 12.5 Å². The number of nitrogens with zero attached hydrogens (tertiary/aromatic N) is 1. The van der Waals surface area contributed by atoms with E-state index in [9.17, 15) is 5.11 Å². The highest BCUT2D eigenvalue weighted by atomic mass is 16.3. The van der Waals surface area contributed by atoms with Crippen molar-refractivity contribution in [3.05, 3.63) is 0 Å². The van der Waals surface area contributed by atoms with Gasteiger partial charge in [-0.25, -0.2) is 0 Å². The number of piperidine rings is 1. The van der Waals surface area contributed by atoms with Gasteiger partial charge in [-0.2, -0.15) is 0 Å². The van der Waals surface area contributed by atoms with Crippen molar-refractivity contribution in [2.75, 3.05) is 26.7 Å². The molecule has 2 atom stereocenters. The molecule has 1 saturated carbocycles. The highest BCUT2D eigenvalue weighted by molar-refractivity contribution is 4.95. The molecule has 1 N–H and O–H groups in total. The molecule has 0 aromatic carbocycles. The van der Waals surface area contributed by atoms with Crippen LogP contribution in [0.1, 0.15) is 19.3 Å². The second kappa shape index (κ2) is 2.46. The molecule has 1 heterocycles. The Labute approximate surface area is 68.2 Å². The van der Waals surface area contributed by atoms with E-state index < -0.39 is 0 Å². The molecular weight excluding hydrogens is 138 g/mol. The van der Waals surface area contributed by atoms with Crippen molar-refractivity contribution in [1.29, 1.82) is 0 Å². The molecule has 1 unspecified atom stereocenters. The predicted octanol–water partition coefficient (Wildman–Crippen LogP) is 0.711. The Morgan fingerprint density at radius 1 is 1.64 bits per heavy atom. The van der Waals surface area contributed by atoms with Crippen LogP contribution in [0, 0.1) is 11.3 Å². The topological polar surface area (TPSA) is 23.5 Å². The maximum atomic E-state index is 9.26. The summed E-state index contributed by atoms with van der Waals surface area (Å²) < 4.78 is 0. The van der Waals surface area contributed by atoms with Crippen LogP contribution in [0.2, 0.25) is 0 Å². The molecule has 11 heavy (non-hydrogen) atoms. The van der Waals surface area contributed by atoms with Crippen LogP contribution in [0.4, 0.5) is 0 Å². The van der Waals surface area contributed by atoms with E-state index in [1.807, 2.05) is 0 Å². The van der Waals surface area contributed by atoms with Crippen molar-refractivity contribution in [2.45, 2.75) is 19.3 Å². The van der Waals surface area contributed by atoms with Crippen molar-refractivity contribution < 1.29 is 5.11 Å². The number of fused-ring (bicyclic) bond motifs is 2. The van der Waals surface area contributed by atoms with Crippen molar-refractivity contribution in [3.63, 3.8) is 0 Å². The standard InChI is InChI=1S/C9H17NO/c1-10-5-8-2-3-9(4-8,6-10)7-11/h8,11H,2-7H2,1H3/t8?,9-/m1/s1. The van der Waals surface area contributed by atoms with Gasteiger partial charge in [-0.3, -0.25) is 0 Å². The molecule has 2 aliphatic rings. The maximum absolute atomic E-state index is 9.26. The second-order valence-electron chi connectivity index (χ2n) is 4.46. The van der Waals surface area contributed by atoms with E-state index in [0.29, 0.717) is 6.61 Å². The molecule has 2 fully saturated rings. The molecule has 0 radical (unpaired) electrons. The molecule has 1 aliphatic carbocycles. The summed E-state index contributed by atoms with van der Waals surface area (Å²) in [4.78, 5) is 2.37. The van der Waals surface area contributed by atoms with Crippen LogP contribution < -0.4 is 0 Å². The minimum atomic E-state index is 0.289. The van der Waals surface area contributed by atoms with Crippen LogP contribution >= 0.6 is 0 Å². The zero-order valence-corrected chi connectivity index (χ0v) is 7.21. The van der Waals surface area contributed by atoms with E-state index in [1.54, 1.807) is 0 Å². The molecule has 2 nitrogen and oxygen atoms in total. The largest absolute Gasteiger partial charge is 0.396 e. The molecule has 1 saturated heterocycles. The quantitative estimate of drug-likeness (QED) is 0.603. The molecule has 0 aromatic rings. The second-order valence-corrected chi connectivity index (χ2v) is 4.46. The van der Waals surface area contributed by atoms with Crippen molar-refractivity contribution in [1.82, 2.24) is 4.90 Å². The molecule has 1 aliphatic heterocycles. The smallest absolute Gasteiger partial charge is 0.0499 e. The zero-order chi connectivity index (χ0) is 7.90. The Kier molecular flexibility index (Phi) is 1.69. The van der Waals surface area contributed by atoms with Gasteiger partial charge >= 0.3 is 0 Å². The number of aliphatic hydroxyl groups is 1. The Hall–Kier alpha value is -0.0800. The molecule has 64 valence electrons. The van der Waals surface area contributed by atoms with Gasteiger partial charge in [0.1, 0.15) is 0 Å². The van der Waals surface area contributed by atoms with Gasteiger partial charge in [-0.15, -0.1) is 0 Å². The summed E-state index contributed by atoms with van der Waals surface area (Å²) in [5, 5.41) is 9.26. The fourth-order valence-electron chi connectivity index (χ4n) is 2.90. The number of rotatable bonds is 1. The fraction of sp³-hybridized carbons (Fsp3) is 1.00. The molecule has 0 spiro atoms. The van der Waals surface area contributed by atoms with Gasteiger partial charge in [0.05, 0.1) is 0 Å². The zero-order valence-electron chi connectivity index (χ0n) is 7.21. The third-order valence-electron chi connectivity index (χ3n) is 3.32. The lowest BCUT2D eigenvalue weighted by molar-refractivity contribution is 0.0561. The highest BCUT2D eigenvalue weighted by Gasteiger charge is 2.43. The Balaban J connectivity index is 2.12. The Bertz CT molecular complexity index is 160. The van der Waals surface area contributed by atoms with Crippen LogP contribution in [0.5, 0.6) is 0 Å². The van der Waals surface area contributed by atoms with Gasteiger partial charge in [-0.05, 0) is 32.2 Å². The van der Waals surface area contributed by atoms with E-state index in [4.69, 9.17) is 0 Å². The first-order valence-corrected chi connectivity index (χ1v) is 4.53. The summed E-state index contributed by atoms with van der Waals surface area (Å²) >= 11 is 0. The number of aliphatic hydroxyl groups excluding tert-OH is 1. The summed E-state index contributed by atoms with van der Waals surface area (Å²) in [5.41, 5.74) is 0.289. The average molecular weight is 155 g/mol. The maximum Gasteiger partial charge on any atom is 0.0499 e. The monoisotopic (exact) mass is 155 g/mol. The number of hydrogen-bond acceptors (Lipinski definition) is 2. The normalized spacial score (nSPS) is 44.7. The summed E-state index contributed by atoms with van der Waals surface area (Å²) in [6.45, 7) is 2.76. The lowest BCUT2D eigenvalue weighted by atomic mass is 9.83. The highest BCUT2D eigenvalue weighted by Crippen LogP contribution is 2.45. The van der Waals surface area contributed by atoms with Crippen LogP contribution in [0.3, 0.4) is 0 Å². The van der Waals surface area contributed by atoms with Crippen LogP contribution in [-0.4, -0.2) is 36.8 Å². The van der Waals surface area contributed by atoms with Gasteiger partial charge in [0.25, 0.3) is 0 Å². The summed E-state index contributed by atoms with van der Waals surface area (Å²) in [5.74, 6) is 0.876. The minimum Gasteiger partial charge on any atom is -0.396 e. The molecule has 0 aromatic heterocycles. The first-order chi connectivity index (χ1) is 5.24. The van der Waals surface area contributed by atoms with Crippen LogP contribution in [-0.2, 0) is 0 Å². The first-order valence-electron chi connectivity index (χ1n) is 4.53. The molecule has 2 bridgehead atoms. The Morgan fingerprint density at radius 3 is 3.18 bits per heavy atom. The van der Waals surface area contributed by atoms with Crippen molar-refractivity contribution in [3.8, 4) is 0 Å². The van der Waals surface area contributed by atoms with Gasteiger partial charge in [0, 0.05) is 25.1 Å². The molecule has 0 amide bonds. The third kappa shape index (κ3) is 1.18. The van der Waals surface area contributed by atoms with Crippen molar-refractivity contribution >= 4 is 0 Å². The van der Waals surface area contributed by atoms with E-state index >= 15 is 0 Å². The Morgan fingerprint density at radius 2 is 2.45 bits per heavy atom. The van der Waals surface area contributed by atoms with Gasteiger partial charge < -0.3 is 10.0 Å². The molecule has 2 rings (SSSR count). The summed E-state index contributed by atoms with van der Waals surface area (Å²) in [7, 11) is 2.17. The first kappa shape index (κ1) is 7.56. The van der Waals surface area contributed by atoms with Crippen LogP contribution in [0.15, 0.2) is 0 Å². The van der Waals surface area contributed by atoms with E-state index in [-0.39, 0.29) is 5.41 Å². The van der Waals surface area contributed by atoms with E-state index in [2.05, 4.69) is 11.9 Å². The predicted molar refractivity (Wildman–Crippen MR) is 44.4 cm³/mol. The summed E-state index contributed by atoms with van der Waals surface area (Å²) in [6.07, 6.45) is 3.86. The fourth-order valence-corrected chi connectivity index (χ4v) is 2.90. The molecule has 2 heteroatoms.